The molecule has 0 spiro atoms. The summed E-state index contributed by atoms with van der Waals surface area (Å²) in [7, 11) is 0.245. The van der Waals surface area contributed by atoms with Gasteiger partial charge in [0.15, 0.2) is 41.0 Å². The Balaban J connectivity index is 0.000000346. The summed E-state index contributed by atoms with van der Waals surface area (Å²) in [5, 5.41) is 22.1. The molecular formula is C76H83Br5Cl7F5LiN5O11Si2. The third kappa shape index (κ3) is 30.9. The number of methoxy groups -OCH3 is 1. The van der Waals surface area contributed by atoms with Gasteiger partial charge < -0.3 is 37.5 Å². The number of esters is 1. The molecule has 6 aromatic carbocycles. The Morgan fingerprint density at radius 2 is 1.10 bits per heavy atom. The number of hydrogen-bond acceptors (Lipinski definition) is 14. The van der Waals surface area contributed by atoms with Gasteiger partial charge >= 0.3 is 24.8 Å². The number of hydroxylamine groups is 2. The zero-order chi connectivity index (χ0) is 84.0. The van der Waals surface area contributed by atoms with E-state index in [1.165, 1.54) is 44.8 Å². The maximum absolute atomic E-state index is 14.3. The second kappa shape index (κ2) is 47.0. The topological polar surface area (TPSA) is 194 Å². The number of hydrogen-bond donors (Lipinski definition) is 1. The maximum Gasteiger partial charge on any atom is 1.00 e. The Morgan fingerprint density at radius 3 is 1.55 bits per heavy atom. The molecule has 2 aromatic heterocycles. The molecule has 4 heterocycles. The smallest absolute Gasteiger partial charge is 0.467 e. The normalized spacial score (nSPS) is 16.8. The summed E-state index contributed by atoms with van der Waals surface area (Å²) in [6.07, 6.45) is -5.77. The molecule has 36 heteroatoms. The number of rotatable bonds is 17. The van der Waals surface area contributed by atoms with Crippen molar-refractivity contribution >= 4 is 207 Å². The van der Waals surface area contributed by atoms with Gasteiger partial charge in [0.2, 0.25) is 12.3 Å². The molecule has 9 atom stereocenters. The largest absolute Gasteiger partial charge is 1.00 e. The summed E-state index contributed by atoms with van der Waals surface area (Å²) < 4.78 is 107. The van der Waals surface area contributed by atoms with Crippen LogP contribution in [0.15, 0.2) is 150 Å². The molecule has 0 bridgehead atoms. The van der Waals surface area contributed by atoms with E-state index in [0.29, 0.717) is 82.0 Å². The van der Waals surface area contributed by atoms with Crippen molar-refractivity contribution in [2.75, 3.05) is 41.1 Å². The van der Waals surface area contributed by atoms with E-state index in [1.54, 1.807) is 122 Å². The fraction of sp³-hybridized carbons (Fsp3) is 0.395. The number of aliphatic hydroxyl groups is 1. The summed E-state index contributed by atoms with van der Waals surface area (Å²) in [5.74, 6) is -2.12. The van der Waals surface area contributed by atoms with Crippen LogP contribution >= 0.6 is 161 Å². The Morgan fingerprint density at radius 1 is 0.661 bits per heavy atom. The van der Waals surface area contributed by atoms with Crippen molar-refractivity contribution in [3.63, 3.8) is 0 Å². The van der Waals surface area contributed by atoms with Crippen LogP contribution in [0.4, 0.5) is 22.0 Å². The molecule has 606 valence electrons. The van der Waals surface area contributed by atoms with Crippen LogP contribution in [0, 0.1) is 17.4 Å². The fourth-order valence-corrected chi connectivity index (χ4v) is 14.6. The van der Waals surface area contributed by atoms with Gasteiger partial charge in [0.05, 0.1) is 39.4 Å². The molecule has 2 saturated heterocycles. The van der Waals surface area contributed by atoms with Crippen molar-refractivity contribution < 1.29 is 92.9 Å². The monoisotopic (exact) mass is 2040 g/mol. The standard InChI is InChI=1S/C16H19ClN4O5.C14H21BrClFOSi.C14H21ClFOSi.C9H7BrClFO2.C8H4BrClFN.C8H7BrClFO.C7H4BrClO.Li/c1-16(2)25-9-10(14(22)20(3)23-4)24-15(11(9)26-16)21-6-5-8-12(17)18-7-19-13(8)21;1-14(2,3)19(4,5)18-9-13(17)11-8-10(16)6-7-12(11)15;1-14(2,3)18(4,5)17-10-13(16)11-7-6-8-12(15)9-11;1-14-9(13)8(12)6-4-5(11)2-3-7(6)10;2*9-7-2-1-5(10)3-6(7)8(11)4-12;8-7-2-1-6(9)3-5(7)4-10;/h5-7,9-11,15H,1-4H3;6-8,13H,9H2,1-5H3;6,8-9,13H,10H2,1-5H3;2-4,8H,1H3;1-3,8H;1-3,8,12H,4H2;1-4H;/q;;-1;;;;;+1/t9-,10+,11-,15-;;;;;;;/m1......./s1. The first-order valence-electron chi connectivity index (χ1n) is 33.3. The first-order chi connectivity index (χ1) is 51.6. The predicted molar refractivity (Wildman–Crippen MR) is 452 cm³/mol. The minimum Gasteiger partial charge on any atom is -0.467 e. The van der Waals surface area contributed by atoms with Gasteiger partial charge in [-0.25, -0.2) is 41.8 Å². The number of ether oxygens (including phenoxy) is 4. The predicted octanol–water partition coefficient (Wildman–Crippen LogP) is 22.8. The molecule has 8 aromatic rings. The quantitative estimate of drug-likeness (QED) is 0.0172. The number of nitrogens with zero attached hydrogens (tertiary/aromatic N) is 5. The van der Waals surface area contributed by atoms with Crippen molar-refractivity contribution in [3.8, 4) is 6.07 Å². The maximum atomic E-state index is 14.3. The third-order valence-corrected chi connectivity index (χ3v) is 31.7. The van der Waals surface area contributed by atoms with Gasteiger partial charge in [-0.1, -0.05) is 196 Å². The summed E-state index contributed by atoms with van der Waals surface area (Å²) in [4.78, 5) is 47.1. The molecule has 1 N–H and O–H groups in total. The summed E-state index contributed by atoms with van der Waals surface area (Å²) in [6.45, 7) is 24.5. The molecule has 112 heavy (non-hydrogen) atoms. The first kappa shape index (κ1) is 103. The van der Waals surface area contributed by atoms with Crippen LogP contribution in [0.1, 0.15) is 131 Å². The van der Waals surface area contributed by atoms with Gasteiger partial charge in [-0.2, -0.15) is 23.5 Å². The van der Waals surface area contributed by atoms with Gasteiger partial charge in [-0.3, -0.25) is 14.4 Å². The molecule has 10 rings (SSSR count). The van der Waals surface area contributed by atoms with Crippen LogP contribution in [-0.4, -0.2) is 125 Å². The van der Waals surface area contributed by atoms with Gasteiger partial charge in [-0.05, 0) is 147 Å². The van der Waals surface area contributed by atoms with Gasteiger partial charge in [-0.15, -0.1) is 23.2 Å². The Kier molecular flexibility index (Phi) is 43.3. The van der Waals surface area contributed by atoms with Crippen molar-refractivity contribution in [2.24, 2.45) is 0 Å². The minimum absolute atomic E-state index is 0. The molecule has 16 nitrogen and oxygen atoms in total. The van der Waals surface area contributed by atoms with Gasteiger partial charge in [0.1, 0.15) is 53.9 Å². The summed E-state index contributed by atoms with van der Waals surface area (Å²) in [6, 6.07) is 35.3. The van der Waals surface area contributed by atoms with E-state index in [4.69, 9.17) is 119 Å². The molecular weight excluding hydrogens is 1960 g/mol. The number of halogens is 17. The van der Waals surface area contributed by atoms with E-state index in [-0.39, 0.29) is 59.2 Å². The number of alkyl halides is 5. The van der Waals surface area contributed by atoms with E-state index in [1.807, 2.05) is 0 Å². The van der Waals surface area contributed by atoms with Crippen LogP contribution in [0.5, 0.6) is 0 Å². The summed E-state index contributed by atoms with van der Waals surface area (Å²) in [5.41, 5.74) is 2.99. The number of aliphatic hydroxyl groups excluding tert-OH is 1. The van der Waals surface area contributed by atoms with Crippen LogP contribution in [0.2, 0.25) is 71.6 Å². The second-order valence-electron chi connectivity index (χ2n) is 27.7. The number of carbonyl (C=O) groups excluding carboxylic acids is 3. The molecule has 5 unspecified atom stereocenters. The molecule has 1 amide bonds. The molecule has 0 aliphatic carbocycles. The zero-order valence-electron chi connectivity index (χ0n) is 63.7. The van der Waals surface area contributed by atoms with E-state index in [0.717, 1.165) is 27.4 Å². The zero-order valence-corrected chi connectivity index (χ0v) is 78.9. The number of nitriles is 1. The van der Waals surface area contributed by atoms with Crippen LogP contribution in [-0.2, 0) is 42.2 Å². The van der Waals surface area contributed by atoms with E-state index >= 15 is 0 Å². The summed E-state index contributed by atoms with van der Waals surface area (Å²) >= 11 is 56.4. The van der Waals surface area contributed by atoms with Crippen LogP contribution in [0.25, 0.3) is 11.0 Å². The molecule has 0 radical (unpaired) electrons. The van der Waals surface area contributed by atoms with E-state index in [9.17, 15) is 36.3 Å². The average Bonchev–Trinajstić information content (AvgIpc) is 1.58. The van der Waals surface area contributed by atoms with E-state index in [2.05, 4.69) is 168 Å². The molecule has 2 fully saturated rings. The van der Waals surface area contributed by atoms with Crippen molar-refractivity contribution in [1.82, 2.24) is 19.6 Å². The third-order valence-electron chi connectivity index (χ3n) is 17.3. The van der Waals surface area contributed by atoms with Crippen molar-refractivity contribution in [3.05, 3.63) is 225 Å². The number of fused-ring (bicyclic) bond motifs is 2. The number of benzene rings is 6. The average molecular weight is 2050 g/mol. The SMILES string of the molecule is CC(C)(C)[Si](C)(C)OCC(F)c1[c-]ccc(Cl)c1.CC(C)(C)[Si](C)(C)OCC(F)c1cc(Cl)ccc1Br.COC(=O)C(F)c1cc(Cl)ccc1Br.CON(C)C(=O)[C@H]1O[C@@H](n2ccc3c(Cl)ncnc32)[C@@H]2OC(C)(C)O[C@@H]21.N#CC(F)c1cc(Cl)ccc1Br.O=Cc1cc(Cl)ccc1Br.OCC(F)c1cc(Cl)ccc1Br.[Li+]. The van der Waals surface area contributed by atoms with Crippen molar-refractivity contribution in [2.45, 2.75) is 153 Å². The first-order valence-corrected chi connectivity index (χ1v) is 45.8. The molecule has 2 aliphatic rings. The van der Waals surface area contributed by atoms with E-state index < -0.39 is 90.4 Å². The molecule has 0 saturated carbocycles. The number of aldehydes is 1. The number of likely N-dealkylation sites (N-methyl/N-ethyl adjacent to an activating group) is 1. The second-order valence-corrected chi connectivity index (χ2v) is 44.5. The number of amides is 1. The van der Waals surface area contributed by atoms with Crippen molar-refractivity contribution in [1.29, 1.82) is 5.26 Å². The van der Waals surface area contributed by atoms with Crippen LogP contribution < -0.4 is 18.9 Å². The Labute approximate surface area is 742 Å². The number of carbonyl (C=O) groups is 3. The Bertz CT molecular complexity index is 4470. The Hall–Kier alpha value is -3.13. The number of aromatic nitrogens is 3. The minimum atomic E-state index is -1.92. The molecule has 2 aliphatic heterocycles. The van der Waals surface area contributed by atoms with Gasteiger partial charge in [0.25, 0.3) is 5.91 Å². The van der Waals surface area contributed by atoms with Crippen LogP contribution in [0.3, 0.4) is 0 Å². The van der Waals surface area contributed by atoms with Gasteiger partial charge in [0, 0.05) is 88.5 Å². The fourth-order valence-electron chi connectivity index (χ4n) is 9.16.